The molecule has 0 fully saturated rings. The van der Waals surface area contributed by atoms with Gasteiger partial charge in [-0.25, -0.2) is 4.98 Å². The highest BCUT2D eigenvalue weighted by Crippen LogP contribution is 2.47. The van der Waals surface area contributed by atoms with Gasteiger partial charge >= 0.3 is 0 Å². The number of nitrogens with zero attached hydrogens (tertiary/aromatic N) is 2. The Morgan fingerprint density at radius 3 is 1.87 bits per heavy atom. The average Bonchev–Trinajstić information content (AvgIpc) is 3.86. The summed E-state index contributed by atoms with van der Waals surface area (Å²) >= 11 is 0. The van der Waals surface area contributed by atoms with E-state index in [1.54, 1.807) is 0 Å². The molecule has 258 valence electrons. The van der Waals surface area contributed by atoms with Gasteiger partial charge in [-0.15, -0.1) is 0 Å². The lowest BCUT2D eigenvalue weighted by molar-refractivity contribution is 0.620. The smallest absolute Gasteiger partial charge is 0.227 e. The third kappa shape index (κ3) is 5.26. The van der Waals surface area contributed by atoms with Crippen LogP contribution in [-0.2, 0) is 0 Å². The number of hydrogen-bond acceptors (Lipinski definition) is 4. The quantitative estimate of drug-likeness (QED) is 0.173. The van der Waals surface area contributed by atoms with Crippen LogP contribution in [0, 0.1) is 0 Å². The minimum absolute atomic E-state index is 0.614. The van der Waals surface area contributed by atoms with Gasteiger partial charge in [-0.05, 0) is 111 Å². The zero-order chi connectivity index (χ0) is 36.3. The van der Waals surface area contributed by atoms with E-state index in [1.807, 2.05) is 36.4 Å². The number of aromatic nitrogens is 1. The Balaban J connectivity index is 1.12. The molecule has 0 unspecified atom stereocenters. The van der Waals surface area contributed by atoms with Gasteiger partial charge in [-0.1, -0.05) is 127 Å². The molecule has 0 aliphatic rings. The maximum atomic E-state index is 6.82. The second-order valence-corrected chi connectivity index (χ2v) is 13.9. The Hall–Kier alpha value is -7.43. The number of benzene rings is 9. The fourth-order valence-electron chi connectivity index (χ4n) is 8.06. The normalized spacial score (nSPS) is 11.6. The van der Waals surface area contributed by atoms with E-state index in [9.17, 15) is 0 Å². The molecule has 0 saturated heterocycles. The molecule has 0 bridgehead atoms. The molecule has 2 heterocycles. The van der Waals surface area contributed by atoms with Crippen LogP contribution in [-0.4, -0.2) is 4.98 Å². The van der Waals surface area contributed by atoms with Crippen molar-refractivity contribution < 1.29 is 8.83 Å². The van der Waals surface area contributed by atoms with Gasteiger partial charge in [-0.3, -0.25) is 0 Å². The maximum Gasteiger partial charge on any atom is 0.227 e. The molecular weight excluding hydrogens is 673 g/mol. The number of anilines is 3. The minimum atomic E-state index is 0.614. The zero-order valence-electron chi connectivity index (χ0n) is 29.7. The Morgan fingerprint density at radius 2 is 1.05 bits per heavy atom. The van der Waals surface area contributed by atoms with E-state index >= 15 is 0 Å². The zero-order valence-corrected chi connectivity index (χ0v) is 29.7. The number of furan rings is 1. The van der Waals surface area contributed by atoms with E-state index in [0.29, 0.717) is 5.89 Å². The van der Waals surface area contributed by atoms with Gasteiger partial charge < -0.3 is 13.7 Å². The predicted octanol–water partition coefficient (Wildman–Crippen LogP) is 14.5. The molecule has 0 aliphatic heterocycles. The molecule has 11 aromatic rings. The van der Waals surface area contributed by atoms with Crippen molar-refractivity contribution in [1.82, 2.24) is 4.98 Å². The van der Waals surface area contributed by atoms with Crippen molar-refractivity contribution in [2.75, 3.05) is 4.90 Å². The first-order valence-corrected chi connectivity index (χ1v) is 18.5. The summed E-state index contributed by atoms with van der Waals surface area (Å²) in [5.41, 5.74) is 11.9. The molecule has 2 aromatic heterocycles. The maximum absolute atomic E-state index is 6.82. The van der Waals surface area contributed by atoms with Gasteiger partial charge in [0.05, 0.1) is 11.1 Å². The summed E-state index contributed by atoms with van der Waals surface area (Å²) in [4.78, 5) is 7.25. The molecule has 0 N–H and O–H groups in total. The standard InChI is InChI=1S/C51H32N2O2/c1-3-12-33(13-4-1)35-22-26-39(27-23-35)53(40-28-24-34-14-7-8-17-37(34)30-40)45-20-11-21-47-50(45)49-42-19-10-9-18-41(42)43(32-48(49)54-47)38-25-29-46-44(31-38)52-51(55-46)36-15-5-2-6-16-36/h1-32H. The first-order chi connectivity index (χ1) is 27.2. The van der Waals surface area contributed by atoms with Crippen molar-refractivity contribution in [3.63, 3.8) is 0 Å². The monoisotopic (exact) mass is 704 g/mol. The van der Waals surface area contributed by atoms with Crippen LogP contribution < -0.4 is 4.90 Å². The van der Waals surface area contributed by atoms with Crippen molar-refractivity contribution in [2.45, 2.75) is 0 Å². The van der Waals surface area contributed by atoms with E-state index in [4.69, 9.17) is 13.8 Å². The molecule has 0 spiro atoms. The lowest BCUT2D eigenvalue weighted by Crippen LogP contribution is -2.10. The molecule has 9 aromatic carbocycles. The average molecular weight is 705 g/mol. The van der Waals surface area contributed by atoms with Crippen LogP contribution in [0.1, 0.15) is 0 Å². The fraction of sp³-hybridized carbons (Fsp3) is 0. The highest BCUT2D eigenvalue weighted by Gasteiger charge is 2.23. The first kappa shape index (κ1) is 31.1. The molecule has 0 saturated carbocycles. The van der Waals surface area contributed by atoms with Crippen LogP contribution in [0.5, 0.6) is 0 Å². The van der Waals surface area contributed by atoms with Crippen LogP contribution >= 0.6 is 0 Å². The van der Waals surface area contributed by atoms with Gasteiger partial charge in [0.2, 0.25) is 5.89 Å². The molecular formula is C51H32N2O2. The molecule has 55 heavy (non-hydrogen) atoms. The van der Waals surface area contributed by atoms with E-state index in [-0.39, 0.29) is 0 Å². The molecule has 0 amide bonds. The van der Waals surface area contributed by atoms with Crippen LogP contribution in [0.3, 0.4) is 0 Å². The predicted molar refractivity (Wildman–Crippen MR) is 227 cm³/mol. The summed E-state index contributed by atoms with van der Waals surface area (Å²) in [6, 6.07) is 68.1. The second-order valence-electron chi connectivity index (χ2n) is 13.9. The van der Waals surface area contributed by atoms with E-state index in [0.717, 1.165) is 77.6 Å². The van der Waals surface area contributed by atoms with Crippen molar-refractivity contribution >= 4 is 71.6 Å². The van der Waals surface area contributed by atoms with Gasteiger partial charge in [0.1, 0.15) is 16.7 Å². The lowest BCUT2D eigenvalue weighted by atomic mass is 9.94. The number of fused-ring (bicyclic) bond motifs is 7. The highest BCUT2D eigenvalue weighted by atomic mass is 16.3. The summed E-state index contributed by atoms with van der Waals surface area (Å²) in [5.74, 6) is 0.614. The Kier molecular flexibility index (Phi) is 7.14. The van der Waals surface area contributed by atoms with Crippen molar-refractivity contribution in [3.05, 3.63) is 194 Å². The summed E-state index contributed by atoms with van der Waals surface area (Å²) in [6.45, 7) is 0. The molecule has 4 nitrogen and oxygen atoms in total. The van der Waals surface area contributed by atoms with Gasteiger partial charge in [-0.2, -0.15) is 0 Å². The number of oxazole rings is 1. The van der Waals surface area contributed by atoms with Crippen molar-refractivity contribution in [1.29, 1.82) is 0 Å². The SMILES string of the molecule is c1ccc(-c2ccc(N(c3ccc4ccccc4c3)c3cccc4oc5cc(-c6ccc7oc(-c8ccccc8)nc7c6)c6ccccc6c5c34)cc2)cc1. The van der Waals surface area contributed by atoms with Crippen LogP contribution in [0.4, 0.5) is 17.1 Å². The Labute approximate surface area is 317 Å². The highest BCUT2D eigenvalue weighted by molar-refractivity contribution is 6.25. The topological polar surface area (TPSA) is 42.4 Å². The molecule has 11 rings (SSSR count). The van der Waals surface area contributed by atoms with Crippen LogP contribution in [0.15, 0.2) is 203 Å². The first-order valence-electron chi connectivity index (χ1n) is 18.5. The summed E-state index contributed by atoms with van der Waals surface area (Å²) in [6.07, 6.45) is 0. The Morgan fingerprint density at radius 1 is 0.382 bits per heavy atom. The molecule has 0 aliphatic carbocycles. The fourth-order valence-corrected chi connectivity index (χ4v) is 8.06. The third-order valence-electron chi connectivity index (χ3n) is 10.7. The number of hydrogen-bond donors (Lipinski definition) is 0. The van der Waals surface area contributed by atoms with Gasteiger partial charge in [0, 0.05) is 22.3 Å². The van der Waals surface area contributed by atoms with E-state index < -0.39 is 0 Å². The third-order valence-corrected chi connectivity index (χ3v) is 10.7. The number of rotatable bonds is 6. The summed E-state index contributed by atoms with van der Waals surface area (Å²) in [5, 5.41) is 6.82. The van der Waals surface area contributed by atoms with Gasteiger partial charge in [0.15, 0.2) is 5.58 Å². The summed E-state index contributed by atoms with van der Waals surface area (Å²) < 4.78 is 13.0. The van der Waals surface area contributed by atoms with Crippen molar-refractivity contribution in [2.24, 2.45) is 0 Å². The Bertz CT molecular complexity index is 3200. The van der Waals surface area contributed by atoms with Crippen LogP contribution in [0.2, 0.25) is 0 Å². The van der Waals surface area contributed by atoms with Crippen molar-refractivity contribution in [3.8, 4) is 33.7 Å². The summed E-state index contributed by atoms with van der Waals surface area (Å²) in [7, 11) is 0. The lowest BCUT2D eigenvalue weighted by Gasteiger charge is -2.27. The largest absolute Gasteiger partial charge is 0.456 e. The van der Waals surface area contributed by atoms with E-state index in [2.05, 4.69) is 163 Å². The molecule has 0 atom stereocenters. The second kappa shape index (κ2) is 12.6. The minimum Gasteiger partial charge on any atom is -0.456 e. The van der Waals surface area contributed by atoms with Crippen LogP contribution in [0.25, 0.3) is 88.3 Å². The van der Waals surface area contributed by atoms with Gasteiger partial charge in [0.25, 0.3) is 0 Å². The van der Waals surface area contributed by atoms with E-state index in [1.165, 1.54) is 21.9 Å². The molecule has 0 radical (unpaired) electrons. The molecule has 4 heteroatoms.